The van der Waals surface area contributed by atoms with Crippen molar-refractivity contribution in [2.24, 2.45) is 5.92 Å². The van der Waals surface area contributed by atoms with E-state index in [0.717, 1.165) is 16.8 Å². The third-order valence-electron chi connectivity index (χ3n) is 6.77. The van der Waals surface area contributed by atoms with Gasteiger partial charge in [-0.3, -0.25) is 9.59 Å². The zero-order valence-corrected chi connectivity index (χ0v) is 20.8. The average Bonchev–Trinajstić information content (AvgIpc) is 2.81. The highest BCUT2D eigenvalue weighted by Crippen LogP contribution is 2.36. The molecule has 2 aliphatic rings. The van der Waals surface area contributed by atoms with Crippen molar-refractivity contribution in [3.63, 3.8) is 0 Å². The lowest BCUT2D eigenvalue weighted by Crippen LogP contribution is -2.41. The lowest BCUT2D eigenvalue weighted by molar-refractivity contribution is -0.123. The Morgan fingerprint density at radius 3 is 2.53 bits per heavy atom. The van der Waals surface area contributed by atoms with Crippen LogP contribution >= 0.6 is 0 Å². The molecule has 34 heavy (non-hydrogen) atoms. The van der Waals surface area contributed by atoms with Gasteiger partial charge in [0.2, 0.25) is 15.9 Å². The van der Waals surface area contributed by atoms with Crippen molar-refractivity contribution < 1.29 is 22.7 Å². The number of nitrogens with zero attached hydrogens (tertiary/aromatic N) is 1. The van der Waals surface area contributed by atoms with Crippen LogP contribution in [0.5, 0.6) is 5.75 Å². The van der Waals surface area contributed by atoms with Crippen LogP contribution in [0.15, 0.2) is 35.2 Å². The second-order valence-electron chi connectivity index (χ2n) is 9.03. The number of anilines is 2. The molecule has 8 nitrogen and oxygen atoms in total. The zero-order valence-electron chi connectivity index (χ0n) is 20.0. The molecule has 2 aromatic rings. The van der Waals surface area contributed by atoms with Crippen LogP contribution in [0, 0.1) is 26.7 Å². The smallest absolute Gasteiger partial charge is 0.265 e. The number of carbonyl (C=O) groups excluding carboxylic acids is 2. The predicted molar refractivity (Wildman–Crippen MR) is 131 cm³/mol. The summed E-state index contributed by atoms with van der Waals surface area (Å²) in [6.07, 6.45) is 0.741. The van der Waals surface area contributed by atoms with Gasteiger partial charge >= 0.3 is 0 Å². The second kappa shape index (κ2) is 9.38. The van der Waals surface area contributed by atoms with E-state index < -0.39 is 16.1 Å². The summed E-state index contributed by atoms with van der Waals surface area (Å²) in [4.78, 5) is 25.1. The quantitative estimate of drug-likeness (QED) is 0.671. The van der Waals surface area contributed by atoms with Crippen LogP contribution in [0.2, 0.25) is 0 Å². The standard InChI is InChI=1S/C25H31N3O5S/c1-5-21-25(30)27-20-13-16(3)23(14-22(20)33-21)34(31,32)28-11-9-18(10-12-28)24(29)26-19-8-6-7-15(2)17(19)4/h6-8,13-14,18,21H,5,9-12H2,1-4H3,(H,26,29)(H,27,30)/t21-/m0/s1. The minimum atomic E-state index is -3.78. The third-order valence-corrected chi connectivity index (χ3v) is 8.81. The van der Waals surface area contributed by atoms with Gasteiger partial charge in [-0.1, -0.05) is 19.1 Å². The van der Waals surface area contributed by atoms with E-state index in [4.69, 9.17) is 4.74 Å². The molecule has 0 bridgehead atoms. The summed E-state index contributed by atoms with van der Waals surface area (Å²) in [5.41, 5.74) is 3.94. The van der Waals surface area contributed by atoms with Gasteiger partial charge in [-0.25, -0.2) is 8.42 Å². The highest BCUT2D eigenvalue weighted by Gasteiger charge is 2.35. The molecule has 0 saturated carbocycles. The molecule has 1 fully saturated rings. The Kier molecular flexibility index (Phi) is 6.69. The summed E-state index contributed by atoms with van der Waals surface area (Å²) in [5, 5.41) is 5.79. The van der Waals surface area contributed by atoms with Gasteiger partial charge in [0.05, 0.1) is 10.6 Å². The lowest BCUT2D eigenvalue weighted by Gasteiger charge is -2.32. The maximum atomic E-state index is 13.4. The Bertz CT molecular complexity index is 1230. The number of sulfonamides is 1. The number of ether oxygens (including phenoxy) is 1. The van der Waals surface area contributed by atoms with Crippen LogP contribution in [0.4, 0.5) is 11.4 Å². The molecule has 9 heteroatoms. The van der Waals surface area contributed by atoms with E-state index in [9.17, 15) is 18.0 Å². The number of aryl methyl sites for hydroxylation is 2. The summed E-state index contributed by atoms with van der Waals surface area (Å²) in [6.45, 7) is 8.03. The van der Waals surface area contributed by atoms with E-state index in [1.54, 1.807) is 13.0 Å². The molecule has 182 valence electrons. The first-order valence-electron chi connectivity index (χ1n) is 11.6. The maximum absolute atomic E-state index is 13.4. The highest BCUT2D eigenvalue weighted by atomic mass is 32.2. The number of nitrogens with one attached hydrogen (secondary N) is 2. The Labute approximate surface area is 200 Å². The van der Waals surface area contributed by atoms with Gasteiger partial charge in [-0.2, -0.15) is 4.31 Å². The highest BCUT2D eigenvalue weighted by molar-refractivity contribution is 7.89. The molecule has 0 spiro atoms. The van der Waals surface area contributed by atoms with Crippen molar-refractivity contribution >= 4 is 33.2 Å². The van der Waals surface area contributed by atoms with E-state index in [0.29, 0.717) is 36.3 Å². The van der Waals surface area contributed by atoms with Gasteiger partial charge < -0.3 is 15.4 Å². The summed E-state index contributed by atoms with van der Waals surface area (Å²) in [7, 11) is -3.78. The van der Waals surface area contributed by atoms with Crippen molar-refractivity contribution in [3.8, 4) is 5.75 Å². The molecule has 2 aliphatic heterocycles. The first kappa shape index (κ1) is 24.2. The van der Waals surface area contributed by atoms with Gasteiger partial charge in [0, 0.05) is 30.8 Å². The minimum absolute atomic E-state index is 0.0783. The van der Waals surface area contributed by atoms with Crippen LogP contribution in [-0.2, 0) is 19.6 Å². The Morgan fingerprint density at radius 1 is 1.15 bits per heavy atom. The monoisotopic (exact) mass is 485 g/mol. The Balaban J connectivity index is 1.46. The van der Waals surface area contributed by atoms with Gasteiger partial charge in [0.25, 0.3) is 5.91 Å². The van der Waals surface area contributed by atoms with E-state index in [1.807, 2.05) is 39.0 Å². The molecule has 0 radical (unpaired) electrons. The molecule has 1 atom stereocenters. The molecule has 2 aromatic carbocycles. The van der Waals surface area contributed by atoms with E-state index >= 15 is 0 Å². The fourth-order valence-electron chi connectivity index (χ4n) is 4.45. The fourth-order valence-corrected chi connectivity index (χ4v) is 6.14. The van der Waals surface area contributed by atoms with Crippen molar-refractivity contribution in [2.45, 2.75) is 58.0 Å². The molecule has 2 amide bonds. The number of piperidine rings is 1. The lowest BCUT2D eigenvalue weighted by atomic mass is 9.97. The number of hydrogen-bond acceptors (Lipinski definition) is 5. The molecule has 2 heterocycles. The van der Waals surface area contributed by atoms with Gasteiger partial charge in [-0.15, -0.1) is 0 Å². The van der Waals surface area contributed by atoms with Crippen LogP contribution in [0.25, 0.3) is 0 Å². The number of hydrogen-bond donors (Lipinski definition) is 2. The summed E-state index contributed by atoms with van der Waals surface area (Å²) in [6, 6.07) is 8.92. The Morgan fingerprint density at radius 2 is 1.85 bits per heavy atom. The predicted octanol–water partition coefficient (Wildman–Crippen LogP) is 3.76. The number of benzene rings is 2. The molecule has 2 N–H and O–H groups in total. The molecular formula is C25H31N3O5S. The van der Waals surface area contributed by atoms with Gasteiger partial charge in [0.15, 0.2) is 6.10 Å². The van der Waals surface area contributed by atoms with E-state index in [1.165, 1.54) is 10.4 Å². The number of fused-ring (bicyclic) bond motifs is 1. The van der Waals surface area contributed by atoms with Crippen LogP contribution in [0.1, 0.15) is 42.9 Å². The summed E-state index contributed by atoms with van der Waals surface area (Å²) < 4.78 is 34.1. The summed E-state index contributed by atoms with van der Waals surface area (Å²) >= 11 is 0. The van der Waals surface area contributed by atoms with Gasteiger partial charge in [0.1, 0.15) is 5.75 Å². The normalized spacial score (nSPS) is 19.2. The number of rotatable bonds is 5. The molecule has 4 rings (SSSR count). The molecule has 1 saturated heterocycles. The van der Waals surface area contributed by atoms with Crippen molar-refractivity contribution in [3.05, 3.63) is 47.0 Å². The topological polar surface area (TPSA) is 105 Å². The molecule has 0 unspecified atom stereocenters. The number of amides is 2. The van der Waals surface area contributed by atoms with Gasteiger partial charge in [-0.05, 0) is 68.9 Å². The minimum Gasteiger partial charge on any atom is -0.478 e. The van der Waals surface area contributed by atoms with Crippen LogP contribution in [0.3, 0.4) is 0 Å². The van der Waals surface area contributed by atoms with E-state index in [2.05, 4.69) is 10.6 Å². The Hall–Kier alpha value is -2.91. The van der Waals surface area contributed by atoms with Crippen LogP contribution in [-0.4, -0.2) is 43.7 Å². The largest absolute Gasteiger partial charge is 0.478 e. The first-order valence-corrected chi connectivity index (χ1v) is 13.0. The molecular weight excluding hydrogens is 454 g/mol. The fraction of sp³-hybridized carbons (Fsp3) is 0.440. The van der Waals surface area contributed by atoms with Crippen molar-refractivity contribution in [1.82, 2.24) is 4.31 Å². The van der Waals surface area contributed by atoms with Crippen molar-refractivity contribution in [2.75, 3.05) is 23.7 Å². The maximum Gasteiger partial charge on any atom is 0.265 e. The first-order chi connectivity index (χ1) is 16.1. The third kappa shape index (κ3) is 4.54. The zero-order chi connectivity index (χ0) is 24.6. The van der Waals surface area contributed by atoms with Crippen molar-refractivity contribution in [1.29, 1.82) is 0 Å². The SMILES string of the molecule is CC[C@@H]1Oc2cc(S(=O)(=O)N3CCC(C(=O)Nc4cccc(C)c4C)CC3)c(C)cc2NC1=O. The second-order valence-corrected chi connectivity index (χ2v) is 10.9. The molecule has 0 aromatic heterocycles. The average molecular weight is 486 g/mol. The number of carbonyl (C=O) groups is 2. The van der Waals surface area contributed by atoms with E-state index in [-0.39, 0.29) is 35.7 Å². The van der Waals surface area contributed by atoms with Crippen LogP contribution < -0.4 is 15.4 Å². The summed E-state index contributed by atoms with van der Waals surface area (Å²) in [5.74, 6) is -0.199. The molecule has 0 aliphatic carbocycles.